The monoisotopic (exact) mass is 501 g/mol. The Labute approximate surface area is 161 Å². The van der Waals surface area contributed by atoms with Crippen molar-refractivity contribution in [1.82, 2.24) is 4.90 Å². The van der Waals surface area contributed by atoms with Gasteiger partial charge in [-0.1, -0.05) is 0 Å². The maximum absolute atomic E-state index is 5.76. The van der Waals surface area contributed by atoms with Crippen molar-refractivity contribution in [2.45, 2.75) is 25.8 Å². The second-order valence-electron chi connectivity index (χ2n) is 6.35. The van der Waals surface area contributed by atoms with E-state index in [9.17, 15) is 0 Å². The molecule has 2 aromatic carbocycles. The van der Waals surface area contributed by atoms with Gasteiger partial charge in [0.2, 0.25) is 0 Å². The quantitative estimate of drug-likeness (QED) is 0.587. The summed E-state index contributed by atoms with van der Waals surface area (Å²) in [6, 6.07) is 21.7. The molecule has 0 bridgehead atoms. The van der Waals surface area contributed by atoms with E-state index in [0.717, 1.165) is 4.08 Å². The molecule has 0 aliphatic carbocycles. The van der Waals surface area contributed by atoms with Crippen LogP contribution in [0.4, 0.5) is 0 Å². The third-order valence-electron chi connectivity index (χ3n) is 4.43. The molecule has 3 rings (SSSR count). The van der Waals surface area contributed by atoms with Crippen LogP contribution in [0.5, 0.6) is 0 Å². The number of allylic oxidation sites excluding steroid dienone is 1. The van der Waals surface area contributed by atoms with Crippen LogP contribution < -0.4 is 0 Å². The number of ether oxygens (including phenoxy) is 1. The van der Waals surface area contributed by atoms with Gasteiger partial charge in [-0.15, -0.1) is 0 Å². The number of benzene rings is 2. The van der Waals surface area contributed by atoms with E-state index < -0.39 is 0 Å². The minimum atomic E-state index is 0.207. The maximum atomic E-state index is 5.76. The van der Waals surface area contributed by atoms with Crippen molar-refractivity contribution in [2.75, 3.05) is 7.11 Å². The molecular weight excluding hydrogens is 478 g/mol. The normalized spacial score (nSPS) is 17.3. The number of rotatable bonds is 5. The Morgan fingerprint density at radius 3 is 2.16 bits per heavy atom. The van der Waals surface area contributed by atoms with Crippen molar-refractivity contribution in [3.8, 4) is 0 Å². The van der Waals surface area contributed by atoms with Gasteiger partial charge in [-0.2, -0.15) is 0 Å². The number of nitrogens with zero attached hydrogens (tertiary/aromatic N) is 1. The van der Waals surface area contributed by atoms with Gasteiger partial charge in [-0.3, -0.25) is 0 Å². The minimum absolute atomic E-state index is 0.207. The first-order chi connectivity index (χ1) is 12.1. The van der Waals surface area contributed by atoms with Crippen molar-refractivity contribution in [3.63, 3.8) is 0 Å². The predicted octanol–water partition coefficient (Wildman–Crippen LogP) is 4.74. The fourth-order valence-electron chi connectivity index (χ4n) is 3.24. The molecule has 2 aromatic rings. The Balaban J connectivity index is 2.24. The van der Waals surface area contributed by atoms with Crippen molar-refractivity contribution in [1.29, 1.82) is 0 Å². The molecule has 0 radical (unpaired) electrons. The van der Waals surface area contributed by atoms with Gasteiger partial charge in [-0.05, 0) is 0 Å². The van der Waals surface area contributed by atoms with Gasteiger partial charge in [0.15, 0.2) is 0 Å². The summed E-state index contributed by atoms with van der Waals surface area (Å²) in [5, 5.41) is 0. The van der Waals surface area contributed by atoms with Crippen LogP contribution in [0.25, 0.3) is 5.70 Å². The van der Waals surface area contributed by atoms with Crippen LogP contribution >= 0.6 is 0 Å². The van der Waals surface area contributed by atoms with E-state index in [1.54, 1.807) is 7.11 Å². The summed E-state index contributed by atoms with van der Waals surface area (Å²) in [6.07, 6.45) is 4.52. The molecule has 1 atom stereocenters. The molecule has 1 unspecified atom stereocenters. The molecule has 0 aromatic heterocycles. The Morgan fingerprint density at radius 2 is 1.60 bits per heavy atom. The average molecular weight is 501 g/mol. The van der Waals surface area contributed by atoms with Crippen LogP contribution in [0, 0.1) is 0 Å². The van der Waals surface area contributed by atoms with E-state index in [4.69, 9.17) is 4.74 Å². The van der Waals surface area contributed by atoms with Crippen LogP contribution in [-0.2, 0) is 24.1 Å². The summed E-state index contributed by atoms with van der Waals surface area (Å²) in [7, 11) is 1.78. The topological polar surface area (TPSA) is 12.5 Å². The molecule has 0 saturated carbocycles. The summed E-state index contributed by atoms with van der Waals surface area (Å²) < 4.78 is 6.80. The van der Waals surface area contributed by atoms with Gasteiger partial charge in [-0.25, -0.2) is 0 Å². The van der Waals surface area contributed by atoms with Crippen molar-refractivity contribution < 1.29 is 24.1 Å². The van der Waals surface area contributed by atoms with Gasteiger partial charge in [0.1, 0.15) is 0 Å². The summed E-state index contributed by atoms with van der Waals surface area (Å²) in [6.45, 7) is 4.45. The van der Waals surface area contributed by atoms with Crippen LogP contribution in [0.15, 0.2) is 78.5 Å². The Bertz CT molecular complexity index is 793. The SMILES string of the molecule is CO[C](=[W])C1=C(c2ccccc2)N(C(C)C)C=CC1c1ccccc1. The van der Waals surface area contributed by atoms with E-state index in [2.05, 4.69) is 91.7 Å². The van der Waals surface area contributed by atoms with Gasteiger partial charge < -0.3 is 0 Å². The zero-order valence-electron chi connectivity index (χ0n) is 14.8. The van der Waals surface area contributed by atoms with Crippen molar-refractivity contribution >= 4 is 9.78 Å². The molecule has 1 aliphatic heterocycles. The molecule has 0 N–H and O–H groups in total. The molecule has 3 heteroatoms. The molecule has 1 heterocycles. The van der Waals surface area contributed by atoms with Gasteiger partial charge in [0.05, 0.1) is 0 Å². The van der Waals surface area contributed by atoms with E-state index in [0.29, 0.717) is 6.04 Å². The van der Waals surface area contributed by atoms with Crippen molar-refractivity contribution in [2.24, 2.45) is 0 Å². The molecule has 0 saturated heterocycles. The third-order valence-corrected chi connectivity index (χ3v) is 5.82. The van der Waals surface area contributed by atoms with E-state index >= 15 is 0 Å². The summed E-state index contributed by atoms with van der Waals surface area (Å²) in [5.74, 6) is 0.207. The second kappa shape index (κ2) is 8.08. The third kappa shape index (κ3) is 3.76. The number of hydrogen-bond acceptors (Lipinski definition) is 2. The summed E-state index contributed by atoms with van der Waals surface area (Å²) in [4.78, 5) is 2.35. The second-order valence-corrected chi connectivity index (χ2v) is 7.68. The molecule has 0 spiro atoms. The van der Waals surface area contributed by atoms with E-state index in [1.165, 1.54) is 41.8 Å². The van der Waals surface area contributed by atoms with Gasteiger partial charge in [0, 0.05) is 0 Å². The van der Waals surface area contributed by atoms with Crippen LogP contribution in [0.3, 0.4) is 0 Å². The number of hydrogen-bond donors (Lipinski definition) is 0. The fourth-order valence-corrected chi connectivity index (χ4v) is 4.04. The Hall–Kier alpha value is -1.76. The number of methoxy groups -OCH3 is 1. The molecule has 1 aliphatic rings. The predicted molar refractivity (Wildman–Crippen MR) is 101 cm³/mol. The van der Waals surface area contributed by atoms with Crippen LogP contribution in [-0.4, -0.2) is 22.1 Å². The molecule has 0 fully saturated rings. The molecular formula is C22H23NOW. The van der Waals surface area contributed by atoms with Crippen molar-refractivity contribution in [3.05, 3.63) is 89.6 Å². The fraction of sp³-hybridized carbons (Fsp3) is 0.227. The molecule has 2 nitrogen and oxygen atoms in total. The summed E-state index contributed by atoms with van der Waals surface area (Å²) >= 11 is 1.35. The first-order valence-corrected chi connectivity index (χ1v) is 9.99. The molecule has 128 valence electrons. The molecule has 25 heavy (non-hydrogen) atoms. The standard InChI is InChI=1S/C22H23NO.W/c1-17(2)23-15-14-20(18-10-6-4-7-11-18)21(16-24-3)22(23)19-12-8-5-9-13-19;/h4-15,17,20H,1-3H3;. The van der Waals surface area contributed by atoms with Gasteiger partial charge in [0.25, 0.3) is 0 Å². The van der Waals surface area contributed by atoms with E-state index in [-0.39, 0.29) is 5.92 Å². The average Bonchev–Trinajstić information content (AvgIpc) is 2.67. The van der Waals surface area contributed by atoms with E-state index in [1.807, 2.05) is 0 Å². The first-order valence-electron chi connectivity index (χ1n) is 8.53. The zero-order valence-corrected chi connectivity index (χ0v) is 17.8. The zero-order chi connectivity index (χ0) is 17.8. The summed E-state index contributed by atoms with van der Waals surface area (Å²) in [5.41, 5.74) is 5.04. The molecule has 0 amide bonds. The Morgan fingerprint density at radius 1 is 1.00 bits per heavy atom. The Kier molecular flexibility index (Phi) is 5.83. The van der Waals surface area contributed by atoms with Crippen LogP contribution in [0.1, 0.15) is 30.9 Å². The van der Waals surface area contributed by atoms with Crippen LogP contribution in [0.2, 0.25) is 0 Å². The van der Waals surface area contributed by atoms with Gasteiger partial charge >= 0.3 is 161 Å². The first kappa shape index (κ1) is 18.0.